The molecule has 1 amide bonds. The van der Waals surface area contributed by atoms with Crippen LogP contribution in [0.5, 0.6) is 0 Å². The predicted octanol–water partition coefficient (Wildman–Crippen LogP) is 0.209. The Morgan fingerprint density at radius 1 is 1.67 bits per heavy atom. The monoisotopic (exact) mass is 210 g/mol. The summed E-state index contributed by atoms with van der Waals surface area (Å²) in [6.07, 6.45) is 3.43. The summed E-state index contributed by atoms with van der Waals surface area (Å²) in [6.45, 7) is 4.69. The van der Waals surface area contributed by atoms with Gasteiger partial charge in [-0.1, -0.05) is 0 Å². The Morgan fingerprint density at radius 2 is 2.33 bits per heavy atom. The zero-order valence-electron chi connectivity index (χ0n) is 9.47. The van der Waals surface area contributed by atoms with Crippen molar-refractivity contribution >= 4 is 5.91 Å². The predicted molar refractivity (Wildman–Crippen MR) is 58.0 cm³/mol. The van der Waals surface area contributed by atoms with Crippen LogP contribution in [-0.4, -0.2) is 33.4 Å². The molecule has 15 heavy (non-hydrogen) atoms. The maximum atomic E-state index is 11.7. The molecule has 0 saturated heterocycles. The lowest BCUT2D eigenvalue weighted by atomic mass is 10.3. The lowest BCUT2D eigenvalue weighted by molar-refractivity contribution is -0.131. The molecule has 2 N–H and O–H groups in total. The molecular weight excluding hydrogens is 192 g/mol. The fourth-order valence-electron chi connectivity index (χ4n) is 1.15. The number of rotatable bonds is 4. The van der Waals surface area contributed by atoms with Crippen molar-refractivity contribution in [1.82, 2.24) is 14.5 Å². The molecule has 5 heteroatoms. The van der Waals surface area contributed by atoms with Crippen molar-refractivity contribution in [2.75, 3.05) is 7.05 Å². The van der Waals surface area contributed by atoms with Crippen molar-refractivity contribution in [2.24, 2.45) is 5.73 Å². The van der Waals surface area contributed by atoms with Crippen LogP contribution >= 0.6 is 0 Å². The number of hydrogen-bond donors (Lipinski definition) is 1. The molecule has 0 aliphatic carbocycles. The number of amides is 1. The highest BCUT2D eigenvalue weighted by molar-refractivity contribution is 5.75. The van der Waals surface area contributed by atoms with E-state index in [9.17, 15) is 4.79 Å². The number of aromatic nitrogens is 2. The van der Waals surface area contributed by atoms with Gasteiger partial charge < -0.3 is 15.2 Å². The van der Waals surface area contributed by atoms with Crippen LogP contribution in [0.25, 0.3) is 0 Å². The van der Waals surface area contributed by atoms with Crippen molar-refractivity contribution in [2.45, 2.75) is 33.0 Å². The summed E-state index contributed by atoms with van der Waals surface area (Å²) in [4.78, 5) is 17.5. The standard InChI is InChI=1S/C10H18N4O/c1-8(2)13(3)10(15)6-14-5-9(4-11)12-7-14/h5,7-8H,4,6,11H2,1-3H3. The van der Waals surface area contributed by atoms with Gasteiger partial charge in [-0.05, 0) is 13.8 Å². The molecular formula is C10H18N4O. The van der Waals surface area contributed by atoms with E-state index in [-0.39, 0.29) is 11.9 Å². The molecule has 1 heterocycles. The summed E-state index contributed by atoms with van der Waals surface area (Å²) in [5, 5.41) is 0. The van der Waals surface area contributed by atoms with Gasteiger partial charge in [0, 0.05) is 25.8 Å². The molecule has 0 spiro atoms. The molecule has 84 valence electrons. The van der Waals surface area contributed by atoms with Gasteiger partial charge in [-0.25, -0.2) is 4.98 Å². The van der Waals surface area contributed by atoms with E-state index < -0.39 is 0 Å². The van der Waals surface area contributed by atoms with E-state index in [2.05, 4.69) is 4.98 Å². The number of carbonyl (C=O) groups excluding carboxylic acids is 1. The SMILES string of the molecule is CC(C)N(C)C(=O)Cn1cnc(CN)c1. The third-order valence-electron chi connectivity index (χ3n) is 2.38. The van der Waals surface area contributed by atoms with Gasteiger partial charge in [0.25, 0.3) is 0 Å². The fourth-order valence-corrected chi connectivity index (χ4v) is 1.15. The van der Waals surface area contributed by atoms with Crippen LogP contribution in [0, 0.1) is 0 Å². The quantitative estimate of drug-likeness (QED) is 0.772. The summed E-state index contributed by atoms with van der Waals surface area (Å²) < 4.78 is 1.75. The Bertz CT molecular complexity index is 332. The molecule has 0 radical (unpaired) electrons. The van der Waals surface area contributed by atoms with Crippen molar-refractivity contribution in [3.05, 3.63) is 18.2 Å². The molecule has 1 aromatic rings. The average molecular weight is 210 g/mol. The van der Waals surface area contributed by atoms with Gasteiger partial charge in [0.1, 0.15) is 6.54 Å². The maximum Gasteiger partial charge on any atom is 0.242 e. The first-order valence-corrected chi connectivity index (χ1v) is 5.01. The number of hydrogen-bond acceptors (Lipinski definition) is 3. The summed E-state index contributed by atoms with van der Waals surface area (Å²) in [6, 6.07) is 0.218. The second-order valence-electron chi connectivity index (χ2n) is 3.84. The highest BCUT2D eigenvalue weighted by Gasteiger charge is 2.12. The van der Waals surface area contributed by atoms with Crippen LogP contribution in [0.3, 0.4) is 0 Å². The van der Waals surface area contributed by atoms with E-state index in [0.717, 1.165) is 5.69 Å². The largest absolute Gasteiger partial charge is 0.342 e. The first kappa shape index (κ1) is 11.7. The smallest absolute Gasteiger partial charge is 0.242 e. The number of likely N-dealkylation sites (N-methyl/N-ethyl adjacent to an activating group) is 1. The average Bonchev–Trinajstić information content (AvgIpc) is 2.64. The Hall–Kier alpha value is -1.36. The molecule has 0 saturated carbocycles. The zero-order chi connectivity index (χ0) is 11.4. The fraction of sp³-hybridized carbons (Fsp3) is 0.600. The van der Waals surface area contributed by atoms with Crippen LogP contribution < -0.4 is 5.73 Å². The Morgan fingerprint density at radius 3 is 2.80 bits per heavy atom. The van der Waals surface area contributed by atoms with E-state index >= 15 is 0 Å². The van der Waals surface area contributed by atoms with Crippen LogP contribution in [0.4, 0.5) is 0 Å². The topological polar surface area (TPSA) is 64.2 Å². The van der Waals surface area contributed by atoms with E-state index in [0.29, 0.717) is 13.1 Å². The van der Waals surface area contributed by atoms with Crippen LogP contribution in [0.2, 0.25) is 0 Å². The normalized spacial score (nSPS) is 10.7. The van der Waals surface area contributed by atoms with Gasteiger partial charge in [-0.2, -0.15) is 0 Å². The Labute approximate surface area is 89.9 Å². The third-order valence-corrected chi connectivity index (χ3v) is 2.38. The van der Waals surface area contributed by atoms with E-state index in [1.807, 2.05) is 13.8 Å². The van der Waals surface area contributed by atoms with Gasteiger partial charge in [0.15, 0.2) is 0 Å². The summed E-state index contributed by atoms with van der Waals surface area (Å²) in [5.41, 5.74) is 6.23. The number of carbonyl (C=O) groups is 1. The van der Waals surface area contributed by atoms with Crippen molar-refractivity contribution in [1.29, 1.82) is 0 Å². The van der Waals surface area contributed by atoms with Crippen LogP contribution in [-0.2, 0) is 17.9 Å². The Kier molecular flexibility index (Phi) is 3.85. The van der Waals surface area contributed by atoms with Crippen LogP contribution in [0.1, 0.15) is 19.5 Å². The zero-order valence-corrected chi connectivity index (χ0v) is 9.47. The highest BCUT2D eigenvalue weighted by atomic mass is 16.2. The highest BCUT2D eigenvalue weighted by Crippen LogP contribution is 1.99. The van der Waals surface area contributed by atoms with E-state index in [1.165, 1.54) is 0 Å². The Balaban J connectivity index is 2.58. The summed E-state index contributed by atoms with van der Waals surface area (Å²) in [5.74, 6) is 0.0750. The van der Waals surface area contributed by atoms with Gasteiger partial charge >= 0.3 is 0 Å². The minimum Gasteiger partial charge on any atom is -0.342 e. The molecule has 0 atom stereocenters. The third kappa shape index (κ3) is 3.06. The summed E-state index contributed by atoms with van der Waals surface area (Å²) in [7, 11) is 1.80. The number of nitrogens with two attached hydrogens (primary N) is 1. The lowest BCUT2D eigenvalue weighted by Gasteiger charge is -2.21. The van der Waals surface area contributed by atoms with Gasteiger partial charge in [-0.3, -0.25) is 4.79 Å². The number of imidazole rings is 1. The molecule has 0 unspecified atom stereocenters. The minimum absolute atomic E-state index is 0.0750. The first-order chi connectivity index (χ1) is 7.04. The molecule has 0 bridgehead atoms. The second-order valence-corrected chi connectivity index (χ2v) is 3.84. The molecule has 0 fully saturated rings. The second kappa shape index (κ2) is 4.93. The summed E-state index contributed by atoms with van der Waals surface area (Å²) >= 11 is 0. The molecule has 0 aromatic carbocycles. The van der Waals surface area contributed by atoms with Crippen LogP contribution in [0.15, 0.2) is 12.5 Å². The van der Waals surface area contributed by atoms with Gasteiger partial charge in [0.05, 0.1) is 12.0 Å². The van der Waals surface area contributed by atoms with Crippen molar-refractivity contribution in [3.63, 3.8) is 0 Å². The van der Waals surface area contributed by atoms with E-state index in [4.69, 9.17) is 5.73 Å². The van der Waals surface area contributed by atoms with Gasteiger partial charge in [-0.15, -0.1) is 0 Å². The molecule has 5 nitrogen and oxygen atoms in total. The first-order valence-electron chi connectivity index (χ1n) is 5.01. The molecule has 0 aliphatic heterocycles. The van der Waals surface area contributed by atoms with Crippen molar-refractivity contribution < 1.29 is 4.79 Å². The van der Waals surface area contributed by atoms with E-state index in [1.54, 1.807) is 29.0 Å². The molecule has 1 rings (SSSR count). The maximum absolute atomic E-state index is 11.7. The lowest BCUT2D eigenvalue weighted by Crippen LogP contribution is -2.35. The molecule has 1 aromatic heterocycles. The number of nitrogens with zero attached hydrogens (tertiary/aromatic N) is 3. The van der Waals surface area contributed by atoms with Crippen molar-refractivity contribution in [3.8, 4) is 0 Å². The van der Waals surface area contributed by atoms with Gasteiger partial charge in [0.2, 0.25) is 5.91 Å². The molecule has 0 aliphatic rings. The minimum atomic E-state index is 0.0750.